The number of hydrogen-bond acceptors (Lipinski definition) is 0. The van der Waals surface area contributed by atoms with Crippen molar-refractivity contribution in [2.24, 2.45) is 0 Å². The zero-order valence-electron chi connectivity index (χ0n) is 5.91. The Morgan fingerprint density at radius 2 is 1.25 bits per heavy atom. The summed E-state index contributed by atoms with van der Waals surface area (Å²) in [4.78, 5) is 0. The third kappa shape index (κ3) is 8.86. The third-order valence-electron chi connectivity index (χ3n) is 0. The molecule has 0 radical (unpaired) electrons. The van der Waals surface area contributed by atoms with Gasteiger partial charge in [-0.15, -0.1) is 0 Å². The summed E-state index contributed by atoms with van der Waals surface area (Å²) in [6.45, 7) is 0. The zero-order chi connectivity index (χ0) is 0. The monoisotopic (exact) mass is 174 g/mol. The number of hydrogen-bond donors (Lipinski definition) is 0. The summed E-state index contributed by atoms with van der Waals surface area (Å²) >= 11 is 0. The summed E-state index contributed by atoms with van der Waals surface area (Å²) < 4.78 is 0. The quantitative estimate of drug-likeness (QED) is 0.466. The van der Waals surface area contributed by atoms with Crippen LogP contribution in [0.15, 0.2) is 0 Å². The second-order valence-corrected chi connectivity index (χ2v) is 0. The molecule has 0 atom stereocenters. The minimum Gasteiger partial charge on any atom is -1.00 e. The second-order valence-electron chi connectivity index (χ2n) is 0. The first-order valence-electron chi connectivity index (χ1n) is 0. The summed E-state index contributed by atoms with van der Waals surface area (Å²) in [7, 11) is 0. The van der Waals surface area contributed by atoms with Gasteiger partial charge in [-0.05, 0) is 0 Å². The van der Waals surface area contributed by atoms with Gasteiger partial charge >= 0.3 is 60.8 Å². The Kier molecular flexibility index (Phi) is 120. The van der Waals surface area contributed by atoms with Crippen molar-refractivity contribution in [1.29, 1.82) is 0 Å². The van der Waals surface area contributed by atoms with E-state index in [1.54, 1.807) is 0 Å². The Morgan fingerprint density at radius 3 is 1.25 bits per heavy atom. The topological polar surface area (TPSA) is 0 Å². The Balaban J connectivity index is 0. The average molecular weight is 176 g/mol. The molecule has 4 heavy (non-hydrogen) atoms. The van der Waals surface area contributed by atoms with E-state index in [9.17, 15) is 0 Å². The van der Waals surface area contributed by atoms with Crippen LogP contribution in [0, 0.1) is 0 Å². The van der Waals surface area contributed by atoms with Crippen LogP contribution in [-0.4, -0.2) is 60.8 Å². The minimum absolute atomic E-state index is 0. The molecule has 0 heterocycles. The average Bonchev–Trinajstić information content (AvgIpc) is 0. The molecule has 0 spiro atoms. The molecule has 0 rings (SSSR count). The van der Waals surface area contributed by atoms with E-state index in [-0.39, 0.29) is 100 Å². The van der Waals surface area contributed by atoms with Crippen LogP contribution < -0.4 is 0 Å². The first-order valence-corrected chi connectivity index (χ1v) is 0. The molecule has 0 saturated carbocycles. The Morgan fingerprint density at radius 1 is 1.25 bits per heavy atom. The van der Waals surface area contributed by atoms with Gasteiger partial charge in [-0.1, -0.05) is 7.43 Å². The van der Waals surface area contributed by atoms with Crippen LogP contribution in [-0.2, 0) is 26.2 Å². The molecule has 0 amide bonds. The van der Waals surface area contributed by atoms with E-state index < -0.39 is 0 Å². The van der Waals surface area contributed by atoms with E-state index in [2.05, 4.69) is 0 Å². The fraction of sp³-hybridized carbons (Fsp3) is 1.00. The van der Waals surface area contributed by atoms with Crippen LogP contribution in [0.1, 0.15) is 13.1 Å². The molecule has 0 fully saturated rings. The fourth-order valence-corrected chi connectivity index (χ4v) is 0. The van der Waals surface area contributed by atoms with E-state index in [4.69, 9.17) is 0 Å². The summed E-state index contributed by atoms with van der Waals surface area (Å²) in [5.74, 6) is 0. The molecule has 0 aromatic rings. The van der Waals surface area contributed by atoms with E-state index in [0.29, 0.717) is 0 Å². The SMILES string of the molecule is C.[Ca+2].[H-].[H-].[H-].[H-].[Mg+2].[Zr]. The van der Waals surface area contributed by atoms with Crippen molar-refractivity contribution in [2.75, 3.05) is 0 Å². The van der Waals surface area contributed by atoms with Gasteiger partial charge in [0.2, 0.25) is 0 Å². The van der Waals surface area contributed by atoms with Gasteiger partial charge in [0.25, 0.3) is 0 Å². The van der Waals surface area contributed by atoms with Gasteiger partial charge in [0, 0.05) is 26.2 Å². The molecule has 0 saturated heterocycles. The Bertz CT molecular complexity index is 16.0. The molecule has 0 aliphatic carbocycles. The molecule has 0 unspecified atom stereocenters. The maximum Gasteiger partial charge on any atom is 2.00 e. The van der Waals surface area contributed by atoms with Gasteiger partial charge in [-0.3, -0.25) is 0 Å². The molecule has 20 valence electrons. The molecule has 3 heteroatoms. The van der Waals surface area contributed by atoms with Crippen LogP contribution in [0.2, 0.25) is 0 Å². The fourth-order valence-electron chi connectivity index (χ4n) is 0. The van der Waals surface area contributed by atoms with Gasteiger partial charge in [0.1, 0.15) is 0 Å². The van der Waals surface area contributed by atoms with Crippen LogP contribution in [0.25, 0.3) is 0 Å². The molecule has 0 aliphatic heterocycles. The summed E-state index contributed by atoms with van der Waals surface area (Å²) in [5.41, 5.74) is 0. The molecular weight excluding hydrogens is 168 g/mol. The van der Waals surface area contributed by atoms with E-state index in [1.165, 1.54) is 0 Å². The maximum atomic E-state index is 0. The molecule has 0 aromatic heterocycles. The van der Waals surface area contributed by atoms with Gasteiger partial charge in [-0.25, -0.2) is 0 Å². The van der Waals surface area contributed by atoms with Gasteiger partial charge in [-0.2, -0.15) is 0 Å². The third-order valence-corrected chi connectivity index (χ3v) is 0. The maximum absolute atomic E-state index is 0. The van der Waals surface area contributed by atoms with Crippen molar-refractivity contribution in [3.63, 3.8) is 0 Å². The minimum atomic E-state index is 0. The Hall–Kier alpha value is 2.91. The van der Waals surface area contributed by atoms with Crippen LogP contribution in [0.3, 0.4) is 0 Å². The summed E-state index contributed by atoms with van der Waals surface area (Å²) in [6.07, 6.45) is 0. The standard InChI is InChI=1S/CH4.Ca.Mg.Zr.4H/h1H4;;;;;;;/q;2*+2;;4*-1. The van der Waals surface area contributed by atoms with Crippen molar-refractivity contribution in [3.8, 4) is 0 Å². The molecule has 0 bridgehead atoms. The molecule has 0 nitrogen and oxygen atoms in total. The van der Waals surface area contributed by atoms with Crippen LogP contribution in [0.5, 0.6) is 0 Å². The molecular formula is CH8CaMgZr. The van der Waals surface area contributed by atoms with E-state index in [1.807, 2.05) is 0 Å². The largest absolute Gasteiger partial charge is 2.00 e. The van der Waals surface area contributed by atoms with Gasteiger partial charge < -0.3 is 5.71 Å². The van der Waals surface area contributed by atoms with Gasteiger partial charge in [0.15, 0.2) is 0 Å². The molecule has 0 aliphatic rings. The molecule has 0 N–H and O–H groups in total. The molecule has 0 aromatic carbocycles. The van der Waals surface area contributed by atoms with Crippen molar-refractivity contribution in [3.05, 3.63) is 0 Å². The van der Waals surface area contributed by atoms with Gasteiger partial charge in [0.05, 0.1) is 0 Å². The van der Waals surface area contributed by atoms with Crippen molar-refractivity contribution in [2.45, 2.75) is 7.43 Å². The predicted molar refractivity (Wildman–Crippen MR) is 22.7 cm³/mol. The van der Waals surface area contributed by atoms with Crippen LogP contribution in [0.4, 0.5) is 0 Å². The zero-order valence-corrected chi connectivity index (χ0v) is 7.99. The first-order chi connectivity index (χ1) is 0. The van der Waals surface area contributed by atoms with E-state index in [0.717, 1.165) is 0 Å². The smallest absolute Gasteiger partial charge is 1.00 e. The second kappa shape index (κ2) is 16.8. The number of rotatable bonds is 0. The predicted octanol–water partition coefficient (Wildman–Crippen LogP) is 0.322. The van der Waals surface area contributed by atoms with E-state index >= 15 is 0 Å². The summed E-state index contributed by atoms with van der Waals surface area (Å²) in [5, 5.41) is 0. The van der Waals surface area contributed by atoms with Crippen LogP contribution >= 0.6 is 0 Å². The first kappa shape index (κ1) is 28.5. The normalized spacial score (nSPS) is 0. The Labute approximate surface area is 98.3 Å². The van der Waals surface area contributed by atoms with Crippen molar-refractivity contribution in [1.82, 2.24) is 0 Å². The van der Waals surface area contributed by atoms with Crippen molar-refractivity contribution >= 4 is 60.8 Å². The van der Waals surface area contributed by atoms with Crippen molar-refractivity contribution < 1.29 is 31.9 Å². The summed E-state index contributed by atoms with van der Waals surface area (Å²) in [6, 6.07) is 0.